The zero-order valence-corrected chi connectivity index (χ0v) is 10.9. The minimum Gasteiger partial charge on any atom is -0.358 e. The van der Waals surface area contributed by atoms with Gasteiger partial charge in [0.2, 0.25) is 15.9 Å². The van der Waals surface area contributed by atoms with Crippen molar-refractivity contribution in [3.63, 3.8) is 0 Å². The molecule has 0 heterocycles. The van der Waals surface area contributed by atoms with Crippen LogP contribution in [0.15, 0.2) is 29.2 Å². The third-order valence-electron chi connectivity index (χ3n) is 2.30. The molecule has 1 amide bonds. The summed E-state index contributed by atoms with van der Waals surface area (Å²) in [5.41, 5.74) is 2.56. The van der Waals surface area contributed by atoms with Gasteiger partial charge in [0.1, 0.15) is 4.90 Å². The van der Waals surface area contributed by atoms with Gasteiger partial charge in [0, 0.05) is 7.05 Å². The quantitative estimate of drug-likeness (QED) is 0.421. The number of benzene rings is 1. The fraction of sp³-hybridized carbons (Fsp3) is 0.300. The van der Waals surface area contributed by atoms with E-state index in [9.17, 15) is 13.2 Å². The maximum atomic E-state index is 12.1. The molecule has 0 saturated carbocycles. The molecule has 1 atom stereocenters. The zero-order chi connectivity index (χ0) is 13.8. The summed E-state index contributed by atoms with van der Waals surface area (Å²) in [5.74, 6) is 4.82. The maximum absolute atomic E-state index is 12.1. The highest BCUT2D eigenvalue weighted by atomic mass is 32.2. The highest BCUT2D eigenvalue weighted by Gasteiger charge is 2.23. The summed E-state index contributed by atoms with van der Waals surface area (Å²) in [6, 6.07) is 5.27. The molecule has 0 aliphatic heterocycles. The van der Waals surface area contributed by atoms with Crippen molar-refractivity contribution in [3.8, 4) is 0 Å². The Morgan fingerprint density at radius 2 is 1.94 bits per heavy atom. The fourth-order valence-electron chi connectivity index (χ4n) is 1.39. The van der Waals surface area contributed by atoms with E-state index in [2.05, 4.69) is 15.5 Å². The minimum atomic E-state index is -3.81. The van der Waals surface area contributed by atoms with Gasteiger partial charge in [-0.05, 0) is 19.1 Å². The van der Waals surface area contributed by atoms with Crippen LogP contribution >= 0.6 is 0 Å². The molecule has 18 heavy (non-hydrogen) atoms. The molecule has 7 nitrogen and oxygen atoms in total. The highest BCUT2D eigenvalue weighted by molar-refractivity contribution is 7.89. The van der Waals surface area contributed by atoms with Crippen LogP contribution in [-0.2, 0) is 14.8 Å². The predicted octanol–water partition coefficient (Wildman–Crippen LogP) is -0.615. The second kappa shape index (κ2) is 5.80. The van der Waals surface area contributed by atoms with E-state index in [1.165, 1.54) is 26.1 Å². The molecule has 0 spiro atoms. The van der Waals surface area contributed by atoms with E-state index >= 15 is 0 Å². The Labute approximate surface area is 106 Å². The van der Waals surface area contributed by atoms with Gasteiger partial charge in [0.15, 0.2) is 0 Å². The molecule has 1 aromatic rings. The van der Waals surface area contributed by atoms with E-state index in [0.29, 0.717) is 0 Å². The standard InChI is InChI=1S/C10H16N4O3S/c1-7(10(15)12-2)14-18(16,17)9-6-4-3-5-8(9)13-11/h3-7,13-14H,11H2,1-2H3,(H,12,15). The van der Waals surface area contributed by atoms with Gasteiger partial charge in [-0.2, -0.15) is 4.72 Å². The fourth-order valence-corrected chi connectivity index (χ4v) is 2.76. The Morgan fingerprint density at radius 3 is 2.50 bits per heavy atom. The first-order valence-electron chi connectivity index (χ1n) is 5.22. The zero-order valence-electron chi connectivity index (χ0n) is 10.1. The molecule has 1 aromatic carbocycles. The SMILES string of the molecule is CNC(=O)C(C)NS(=O)(=O)c1ccccc1NN. The van der Waals surface area contributed by atoms with Crippen LogP contribution in [0.3, 0.4) is 0 Å². The molecule has 100 valence electrons. The number of hydrogen-bond donors (Lipinski definition) is 4. The molecule has 0 aromatic heterocycles. The third kappa shape index (κ3) is 3.19. The second-order valence-electron chi connectivity index (χ2n) is 3.60. The van der Waals surface area contributed by atoms with Gasteiger partial charge in [0.25, 0.3) is 0 Å². The number of nitrogens with one attached hydrogen (secondary N) is 3. The average Bonchev–Trinajstić information content (AvgIpc) is 2.37. The lowest BCUT2D eigenvalue weighted by Gasteiger charge is -2.14. The number of carbonyl (C=O) groups excluding carboxylic acids is 1. The summed E-state index contributed by atoms with van der Waals surface area (Å²) < 4.78 is 26.4. The predicted molar refractivity (Wildman–Crippen MR) is 68.1 cm³/mol. The molecular weight excluding hydrogens is 256 g/mol. The Bertz CT molecular complexity index is 530. The van der Waals surface area contributed by atoms with Gasteiger partial charge in [-0.25, -0.2) is 8.42 Å². The number of nitrogen functional groups attached to an aromatic ring is 1. The Kier molecular flexibility index (Phi) is 4.65. The van der Waals surface area contributed by atoms with E-state index in [0.717, 1.165) is 0 Å². The van der Waals surface area contributed by atoms with Crippen LogP contribution in [0.5, 0.6) is 0 Å². The van der Waals surface area contributed by atoms with Crippen molar-refractivity contribution in [2.24, 2.45) is 5.84 Å². The van der Waals surface area contributed by atoms with E-state index in [-0.39, 0.29) is 10.6 Å². The van der Waals surface area contributed by atoms with Gasteiger partial charge in [-0.1, -0.05) is 12.1 Å². The van der Waals surface area contributed by atoms with Crippen molar-refractivity contribution in [3.05, 3.63) is 24.3 Å². The van der Waals surface area contributed by atoms with Crippen LogP contribution in [0.1, 0.15) is 6.92 Å². The largest absolute Gasteiger partial charge is 0.358 e. The molecule has 0 radical (unpaired) electrons. The van der Waals surface area contributed by atoms with Gasteiger partial charge < -0.3 is 10.7 Å². The summed E-state index contributed by atoms with van der Waals surface area (Å²) in [6.45, 7) is 1.45. The lowest BCUT2D eigenvalue weighted by molar-refractivity contribution is -0.121. The van der Waals surface area contributed by atoms with Crippen molar-refractivity contribution in [1.82, 2.24) is 10.0 Å². The molecule has 0 fully saturated rings. The summed E-state index contributed by atoms with van der Waals surface area (Å²) in [6.07, 6.45) is 0. The number of para-hydroxylation sites is 1. The van der Waals surface area contributed by atoms with Gasteiger partial charge in [-0.15, -0.1) is 0 Å². The lowest BCUT2D eigenvalue weighted by atomic mass is 10.3. The number of amides is 1. The maximum Gasteiger partial charge on any atom is 0.243 e. The van der Waals surface area contributed by atoms with Gasteiger partial charge in [-0.3, -0.25) is 10.6 Å². The Balaban J connectivity index is 3.03. The Hall–Kier alpha value is -1.64. The first kappa shape index (κ1) is 14.4. The van der Waals surface area contributed by atoms with Gasteiger partial charge >= 0.3 is 0 Å². The molecule has 0 aliphatic carbocycles. The summed E-state index contributed by atoms with van der Waals surface area (Å²) in [5, 5.41) is 2.36. The molecule has 5 N–H and O–H groups in total. The van der Waals surface area contributed by atoms with Crippen LogP contribution in [-0.4, -0.2) is 27.4 Å². The van der Waals surface area contributed by atoms with Crippen LogP contribution < -0.4 is 21.3 Å². The number of likely N-dealkylation sites (N-methyl/N-ethyl adjacent to an activating group) is 1. The molecule has 1 unspecified atom stereocenters. The van der Waals surface area contributed by atoms with Crippen molar-refractivity contribution in [2.75, 3.05) is 12.5 Å². The van der Waals surface area contributed by atoms with Crippen molar-refractivity contribution >= 4 is 21.6 Å². The van der Waals surface area contributed by atoms with Crippen LogP contribution in [0, 0.1) is 0 Å². The number of anilines is 1. The van der Waals surface area contributed by atoms with Gasteiger partial charge in [0.05, 0.1) is 11.7 Å². The first-order valence-corrected chi connectivity index (χ1v) is 6.70. The van der Waals surface area contributed by atoms with Crippen LogP contribution in [0.2, 0.25) is 0 Å². The number of hydrogen-bond acceptors (Lipinski definition) is 5. The monoisotopic (exact) mass is 272 g/mol. The summed E-state index contributed by atoms with van der Waals surface area (Å²) in [7, 11) is -2.38. The van der Waals surface area contributed by atoms with Crippen LogP contribution in [0.4, 0.5) is 5.69 Å². The van der Waals surface area contributed by atoms with E-state index in [1.807, 2.05) is 0 Å². The molecular formula is C10H16N4O3S. The third-order valence-corrected chi connectivity index (χ3v) is 3.90. The molecule has 1 rings (SSSR count). The lowest BCUT2D eigenvalue weighted by Crippen LogP contribution is -2.43. The molecule has 8 heteroatoms. The second-order valence-corrected chi connectivity index (χ2v) is 5.28. The van der Waals surface area contributed by atoms with Crippen molar-refractivity contribution in [2.45, 2.75) is 17.9 Å². The van der Waals surface area contributed by atoms with Crippen molar-refractivity contribution in [1.29, 1.82) is 0 Å². The van der Waals surface area contributed by atoms with E-state index < -0.39 is 22.0 Å². The summed E-state index contributed by atoms with van der Waals surface area (Å²) >= 11 is 0. The Morgan fingerprint density at radius 1 is 1.33 bits per heavy atom. The number of nitrogens with two attached hydrogens (primary N) is 1. The molecule has 0 aliphatic rings. The minimum absolute atomic E-state index is 0.0109. The van der Waals surface area contributed by atoms with E-state index in [1.54, 1.807) is 12.1 Å². The van der Waals surface area contributed by atoms with Crippen LogP contribution in [0.25, 0.3) is 0 Å². The first-order chi connectivity index (χ1) is 8.42. The molecule has 0 saturated heterocycles. The smallest absolute Gasteiger partial charge is 0.243 e. The number of carbonyl (C=O) groups is 1. The normalized spacial score (nSPS) is 12.8. The van der Waals surface area contributed by atoms with E-state index in [4.69, 9.17) is 5.84 Å². The average molecular weight is 272 g/mol. The number of sulfonamides is 1. The number of rotatable bonds is 5. The highest BCUT2D eigenvalue weighted by Crippen LogP contribution is 2.19. The molecule has 0 bridgehead atoms. The topological polar surface area (TPSA) is 113 Å². The number of hydrazine groups is 1. The summed E-state index contributed by atoms with van der Waals surface area (Å²) in [4.78, 5) is 11.3. The van der Waals surface area contributed by atoms with Crippen molar-refractivity contribution < 1.29 is 13.2 Å².